The Morgan fingerprint density at radius 1 is 1.21 bits per heavy atom. The van der Waals surface area contributed by atoms with Gasteiger partial charge in [-0.15, -0.1) is 11.3 Å². The number of hydrogen-bond donors (Lipinski definition) is 3. The average molecular weight is 364 g/mol. The number of benzene rings is 1. The van der Waals surface area contributed by atoms with Crippen molar-refractivity contribution in [3.8, 4) is 0 Å². The fourth-order valence-electron chi connectivity index (χ4n) is 2.40. The van der Waals surface area contributed by atoms with Gasteiger partial charge in [-0.1, -0.05) is 23.7 Å². The summed E-state index contributed by atoms with van der Waals surface area (Å²) in [7, 11) is 0. The summed E-state index contributed by atoms with van der Waals surface area (Å²) in [6.45, 7) is 0.442. The maximum absolute atomic E-state index is 12.3. The van der Waals surface area contributed by atoms with Gasteiger partial charge in [0, 0.05) is 12.6 Å². The van der Waals surface area contributed by atoms with Gasteiger partial charge < -0.3 is 16.4 Å². The molecule has 24 heavy (non-hydrogen) atoms. The molecule has 1 aliphatic rings. The lowest BCUT2D eigenvalue weighted by Gasteiger charge is -2.12. The van der Waals surface area contributed by atoms with E-state index in [1.807, 2.05) is 0 Å². The normalized spacial score (nSPS) is 14.9. The van der Waals surface area contributed by atoms with Crippen LogP contribution in [0.1, 0.15) is 33.6 Å². The number of halogens is 1. The summed E-state index contributed by atoms with van der Waals surface area (Å²) in [5, 5.41) is 8.22. The first-order valence-electron chi connectivity index (χ1n) is 7.73. The van der Waals surface area contributed by atoms with E-state index in [0.29, 0.717) is 33.6 Å². The van der Waals surface area contributed by atoms with Gasteiger partial charge in [0.25, 0.3) is 11.8 Å². The van der Waals surface area contributed by atoms with Gasteiger partial charge in [0.05, 0.1) is 16.1 Å². The first-order valence-corrected chi connectivity index (χ1v) is 8.99. The summed E-state index contributed by atoms with van der Waals surface area (Å²) in [6, 6.07) is 8.46. The van der Waals surface area contributed by atoms with E-state index in [2.05, 4.69) is 10.6 Å². The molecule has 1 heterocycles. The molecule has 7 heteroatoms. The molecule has 1 unspecified atom stereocenters. The van der Waals surface area contributed by atoms with Crippen molar-refractivity contribution < 1.29 is 9.59 Å². The molecule has 1 aromatic carbocycles. The van der Waals surface area contributed by atoms with Crippen molar-refractivity contribution in [2.45, 2.75) is 18.9 Å². The Kier molecular flexibility index (Phi) is 5.18. The molecule has 2 aromatic rings. The number of hydrogen-bond acceptors (Lipinski definition) is 4. The van der Waals surface area contributed by atoms with Gasteiger partial charge in [0.15, 0.2) is 0 Å². The zero-order chi connectivity index (χ0) is 17.1. The number of carbonyl (C=O) groups excluding carboxylic acids is 2. The largest absolute Gasteiger partial charge is 0.350 e. The molecule has 126 valence electrons. The van der Waals surface area contributed by atoms with Crippen LogP contribution in [0.3, 0.4) is 0 Å². The average Bonchev–Trinajstić information content (AvgIpc) is 3.32. The number of carbonyl (C=O) groups is 2. The zero-order valence-corrected chi connectivity index (χ0v) is 14.5. The summed E-state index contributed by atoms with van der Waals surface area (Å²) in [5.41, 5.74) is 6.80. The molecule has 1 saturated carbocycles. The van der Waals surface area contributed by atoms with Gasteiger partial charge in [0.2, 0.25) is 0 Å². The Bertz CT molecular complexity index is 758. The van der Waals surface area contributed by atoms with Crippen molar-refractivity contribution in [2.75, 3.05) is 11.9 Å². The Hall–Kier alpha value is -1.89. The molecule has 4 N–H and O–H groups in total. The molecule has 1 aliphatic carbocycles. The van der Waals surface area contributed by atoms with Crippen LogP contribution in [-0.2, 0) is 0 Å². The minimum Gasteiger partial charge on any atom is -0.350 e. The topological polar surface area (TPSA) is 84.2 Å². The summed E-state index contributed by atoms with van der Waals surface area (Å²) in [5.74, 6) is -0.0549. The van der Waals surface area contributed by atoms with E-state index in [0.717, 1.165) is 12.8 Å². The van der Waals surface area contributed by atoms with E-state index >= 15 is 0 Å². The fraction of sp³-hybridized carbons (Fsp3) is 0.294. The second kappa shape index (κ2) is 7.34. The lowest BCUT2D eigenvalue weighted by molar-refractivity contribution is 0.0951. The third kappa shape index (κ3) is 3.95. The quantitative estimate of drug-likeness (QED) is 0.737. The number of amides is 2. The highest BCUT2D eigenvalue weighted by atomic mass is 35.5. The van der Waals surface area contributed by atoms with Crippen LogP contribution in [-0.4, -0.2) is 24.4 Å². The van der Waals surface area contributed by atoms with Crippen LogP contribution in [0.25, 0.3) is 0 Å². The van der Waals surface area contributed by atoms with Gasteiger partial charge in [0.1, 0.15) is 5.00 Å². The summed E-state index contributed by atoms with van der Waals surface area (Å²) < 4.78 is 0. The first kappa shape index (κ1) is 17.0. The Morgan fingerprint density at radius 2 is 1.96 bits per heavy atom. The zero-order valence-electron chi connectivity index (χ0n) is 12.9. The van der Waals surface area contributed by atoms with E-state index in [1.165, 1.54) is 11.3 Å². The Labute approximate surface area is 149 Å². The number of thiophene rings is 1. The third-order valence-corrected chi connectivity index (χ3v) is 5.14. The molecule has 1 aromatic heterocycles. The van der Waals surface area contributed by atoms with E-state index in [-0.39, 0.29) is 17.9 Å². The number of nitrogens with one attached hydrogen (secondary N) is 2. The predicted molar refractivity (Wildman–Crippen MR) is 96.8 cm³/mol. The van der Waals surface area contributed by atoms with E-state index in [9.17, 15) is 9.59 Å². The van der Waals surface area contributed by atoms with Crippen molar-refractivity contribution in [2.24, 2.45) is 11.7 Å². The molecule has 3 rings (SSSR count). The maximum Gasteiger partial charge on any atom is 0.257 e. The van der Waals surface area contributed by atoms with Crippen LogP contribution in [0.2, 0.25) is 5.02 Å². The van der Waals surface area contributed by atoms with Gasteiger partial charge in [-0.3, -0.25) is 9.59 Å². The van der Waals surface area contributed by atoms with Crippen molar-refractivity contribution in [3.05, 3.63) is 51.9 Å². The minimum atomic E-state index is -0.341. The van der Waals surface area contributed by atoms with Gasteiger partial charge >= 0.3 is 0 Å². The van der Waals surface area contributed by atoms with Gasteiger partial charge in [-0.25, -0.2) is 0 Å². The molecule has 1 atom stereocenters. The smallest absolute Gasteiger partial charge is 0.257 e. The highest BCUT2D eigenvalue weighted by molar-refractivity contribution is 7.14. The summed E-state index contributed by atoms with van der Waals surface area (Å²) in [4.78, 5) is 24.7. The number of anilines is 1. The third-order valence-electron chi connectivity index (χ3n) is 3.98. The lowest BCUT2D eigenvalue weighted by atomic mass is 10.2. The monoisotopic (exact) mass is 363 g/mol. The molecular weight excluding hydrogens is 346 g/mol. The maximum atomic E-state index is 12.3. The predicted octanol–water partition coefficient (Wildman–Crippen LogP) is 3.12. The van der Waals surface area contributed by atoms with E-state index in [4.69, 9.17) is 17.3 Å². The lowest BCUT2D eigenvalue weighted by Crippen LogP contribution is -2.38. The molecule has 2 amide bonds. The molecule has 0 radical (unpaired) electrons. The van der Waals surface area contributed by atoms with Gasteiger partial charge in [-0.05, 0) is 42.3 Å². The summed E-state index contributed by atoms with van der Waals surface area (Å²) >= 11 is 7.32. The van der Waals surface area contributed by atoms with Crippen LogP contribution >= 0.6 is 22.9 Å². The van der Waals surface area contributed by atoms with Crippen LogP contribution in [0.5, 0.6) is 0 Å². The van der Waals surface area contributed by atoms with Crippen LogP contribution in [0.4, 0.5) is 5.00 Å². The van der Waals surface area contributed by atoms with Crippen molar-refractivity contribution in [3.63, 3.8) is 0 Å². The van der Waals surface area contributed by atoms with Crippen molar-refractivity contribution in [1.82, 2.24) is 5.32 Å². The van der Waals surface area contributed by atoms with E-state index in [1.54, 1.807) is 35.7 Å². The first-order chi connectivity index (χ1) is 11.6. The molecular formula is C17H18ClN3O2S. The van der Waals surface area contributed by atoms with Crippen LogP contribution < -0.4 is 16.4 Å². The number of rotatable bonds is 6. The molecule has 5 nitrogen and oxygen atoms in total. The second-order valence-electron chi connectivity index (χ2n) is 5.81. The van der Waals surface area contributed by atoms with E-state index < -0.39 is 0 Å². The molecule has 0 bridgehead atoms. The number of nitrogens with two attached hydrogens (primary N) is 1. The molecule has 0 saturated heterocycles. The second-order valence-corrected chi connectivity index (χ2v) is 7.13. The van der Waals surface area contributed by atoms with Crippen LogP contribution in [0, 0.1) is 5.92 Å². The highest BCUT2D eigenvalue weighted by Crippen LogP contribution is 2.31. The minimum absolute atomic E-state index is 0.00578. The van der Waals surface area contributed by atoms with Crippen LogP contribution in [0.15, 0.2) is 35.7 Å². The molecule has 0 spiro atoms. The van der Waals surface area contributed by atoms with Crippen molar-refractivity contribution >= 4 is 39.8 Å². The summed E-state index contributed by atoms with van der Waals surface area (Å²) in [6.07, 6.45) is 2.27. The standard InChI is InChI=1S/C17H18ClN3O2S/c18-13-4-2-1-3-11(13)16(23)21-17-12(7-8-24-17)15(22)20-9-14(19)10-5-6-10/h1-4,7-8,10,14H,5-6,9,19H2,(H,20,22)(H,21,23). The Balaban J connectivity index is 1.65. The van der Waals surface area contributed by atoms with Crippen molar-refractivity contribution in [1.29, 1.82) is 0 Å². The van der Waals surface area contributed by atoms with Gasteiger partial charge in [-0.2, -0.15) is 0 Å². The molecule has 1 fully saturated rings. The Morgan fingerprint density at radius 3 is 2.67 bits per heavy atom. The fourth-order valence-corrected chi connectivity index (χ4v) is 3.40. The highest BCUT2D eigenvalue weighted by Gasteiger charge is 2.28. The SMILES string of the molecule is NC(CNC(=O)c1ccsc1NC(=O)c1ccccc1Cl)C1CC1. The molecule has 0 aliphatic heterocycles.